The minimum atomic E-state index is -0.713. The average Bonchev–Trinajstić information content (AvgIpc) is 3.20. The molecule has 0 spiro atoms. The van der Waals surface area contributed by atoms with Crippen LogP contribution in [0.2, 0.25) is 0 Å². The second-order valence-electron chi connectivity index (χ2n) is 6.80. The molecule has 2 atom stereocenters. The Morgan fingerprint density at radius 3 is 2.40 bits per heavy atom. The third-order valence-electron chi connectivity index (χ3n) is 5.39. The Bertz CT molecular complexity index is 757. The second kappa shape index (κ2) is 6.55. The lowest BCUT2D eigenvalue weighted by molar-refractivity contribution is 0.0759. The molecule has 2 N–H and O–H groups in total. The highest BCUT2D eigenvalue weighted by molar-refractivity contribution is 5.99. The normalized spacial score (nSPS) is 23.4. The molecule has 2 aromatic rings. The number of carbonyl (C=O) groups is 1. The number of carbonyl (C=O) groups excluding carboxylic acids is 1. The number of nitrogens with zero attached hydrogens (tertiary/aromatic N) is 2. The molecule has 2 aliphatic heterocycles. The van der Waals surface area contributed by atoms with E-state index in [-0.39, 0.29) is 22.7 Å². The molecule has 2 aliphatic rings. The minimum absolute atomic E-state index is 0.103. The van der Waals surface area contributed by atoms with E-state index in [1.54, 1.807) is 4.90 Å². The van der Waals surface area contributed by atoms with Crippen LogP contribution in [0.5, 0.6) is 0 Å². The smallest absolute Gasteiger partial charge is 0.257 e. The zero-order valence-corrected chi connectivity index (χ0v) is 13.8. The zero-order chi connectivity index (χ0) is 17.4. The fourth-order valence-corrected chi connectivity index (χ4v) is 3.97. The topological polar surface area (TPSA) is 61.0 Å². The molecule has 1 amide bonds. The Balaban J connectivity index is 1.61. The first-order valence-corrected chi connectivity index (χ1v) is 8.63. The first kappa shape index (κ1) is 16.2. The van der Waals surface area contributed by atoms with Gasteiger partial charge >= 0.3 is 0 Å². The van der Waals surface area contributed by atoms with Crippen molar-refractivity contribution in [3.63, 3.8) is 0 Å². The molecule has 0 saturated carbocycles. The Morgan fingerprint density at radius 1 is 1.12 bits per heavy atom. The monoisotopic (exact) mass is 346 g/mol. The maximum Gasteiger partial charge on any atom is 0.257 e. The van der Waals surface area contributed by atoms with Gasteiger partial charge in [0.15, 0.2) is 0 Å². The Kier molecular flexibility index (Phi) is 4.25. The van der Waals surface area contributed by atoms with Gasteiger partial charge in [-0.3, -0.25) is 9.89 Å². The molecule has 0 bridgehead atoms. The number of hydrogen-bond donors (Lipinski definition) is 2. The van der Waals surface area contributed by atoms with Gasteiger partial charge in [-0.05, 0) is 49.9 Å². The molecule has 0 aliphatic carbocycles. The quantitative estimate of drug-likeness (QED) is 0.878. The Labute approximate surface area is 144 Å². The maximum atomic E-state index is 14.1. The average molecular weight is 346 g/mol. The predicted octanol–water partition coefficient (Wildman–Crippen LogP) is 2.43. The van der Waals surface area contributed by atoms with E-state index in [1.807, 2.05) is 0 Å². The first-order valence-electron chi connectivity index (χ1n) is 8.63. The molecule has 1 aromatic heterocycles. The van der Waals surface area contributed by atoms with Crippen LogP contribution in [0.3, 0.4) is 0 Å². The van der Waals surface area contributed by atoms with Crippen molar-refractivity contribution in [1.29, 1.82) is 0 Å². The highest BCUT2D eigenvalue weighted by atomic mass is 19.1. The summed E-state index contributed by atoms with van der Waals surface area (Å²) in [5, 5.41) is 9.86. The van der Waals surface area contributed by atoms with Gasteiger partial charge in [-0.2, -0.15) is 5.10 Å². The third-order valence-corrected chi connectivity index (χ3v) is 5.39. The molecule has 0 radical (unpaired) electrons. The second-order valence-corrected chi connectivity index (χ2v) is 6.80. The van der Waals surface area contributed by atoms with Crippen molar-refractivity contribution in [3.05, 3.63) is 41.6 Å². The standard InChI is InChI=1S/C18H20F2N4O/c19-14-2-1-3-15(20)16(14)17-13(10-22-23-17)18(25)24-6-4-11-8-21-9-12(11)5-7-24/h1-3,10-12,21H,4-9H2,(H,22,23)/t11-,12+. The summed E-state index contributed by atoms with van der Waals surface area (Å²) in [5.41, 5.74) is 0.0835. The van der Waals surface area contributed by atoms with Crippen molar-refractivity contribution in [2.75, 3.05) is 26.2 Å². The van der Waals surface area contributed by atoms with Crippen LogP contribution in [0.4, 0.5) is 8.78 Å². The van der Waals surface area contributed by atoms with Crippen LogP contribution in [0.15, 0.2) is 24.4 Å². The van der Waals surface area contributed by atoms with E-state index in [9.17, 15) is 13.6 Å². The lowest BCUT2D eigenvalue weighted by Gasteiger charge is -2.21. The van der Waals surface area contributed by atoms with E-state index in [2.05, 4.69) is 15.5 Å². The van der Waals surface area contributed by atoms with Crippen LogP contribution in [-0.4, -0.2) is 47.2 Å². The fraction of sp³-hybridized carbons (Fsp3) is 0.444. The third kappa shape index (κ3) is 2.93. The van der Waals surface area contributed by atoms with Gasteiger partial charge in [-0.1, -0.05) is 6.07 Å². The molecule has 4 rings (SSSR count). The number of rotatable bonds is 2. The molecule has 0 unspecified atom stereocenters. The van der Waals surface area contributed by atoms with E-state index in [1.165, 1.54) is 24.4 Å². The number of amides is 1. The first-order chi connectivity index (χ1) is 12.1. The number of likely N-dealkylation sites (tertiary alicyclic amines) is 1. The van der Waals surface area contributed by atoms with Crippen LogP contribution in [-0.2, 0) is 0 Å². The maximum absolute atomic E-state index is 14.1. The highest BCUT2D eigenvalue weighted by Gasteiger charge is 2.33. The largest absolute Gasteiger partial charge is 0.339 e. The Morgan fingerprint density at radius 2 is 1.76 bits per heavy atom. The number of halogens is 2. The van der Waals surface area contributed by atoms with Crippen LogP contribution in [0.1, 0.15) is 23.2 Å². The summed E-state index contributed by atoms with van der Waals surface area (Å²) in [6.45, 7) is 3.33. The number of benzene rings is 1. The number of nitrogens with one attached hydrogen (secondary N) is 2. The van der Waals surface area contributed by atoms with Crippen LogP contribution in [0.25, 0.3) is 11.3 Å². The number of H-pyrrole nitrogens is 1. The van der Waals surface area contributed by atoms with Crippen LogP contribution in [0, 0.1) is 23.5 Å². The van der Waals surface area contributed by atoms with Gasteiger partial charge in [-0.25, -0.2) is 8.78 Å². The molecule has 132 valence electrons. The lowest BCUT2D eigenvalue weighted by Crippen LogP contribution is -2.33. The number of fused-ring (bicyclic) bond motifs is 1. The van der Waals surface area contributed by atoms with Crippen LogP contribution < -0.4 is 5.32 Å². The van der Waals surface area contributed by atoms with Crippen molar-refractivity contribution in [2.24, 2.45) is 11.8 Å². The van der Waals surface area contributed by atoms with E-state index < -0.39 is 11.6 Å². The summed E-state index contributed by atoms with van der Waals surface area (Å²) in [7, 11) is 0. The molecule has 1 aromatic carbocycles. The molecular formula is C18H20F2N4O. The molecule has 25 heavy (non-hydrogen) atoms. The van der Waals surface area contributed by atoms with Gasteiger partial charge in [0, 0.05) is 13.1 Å². The van der Waals surface area contributed by atoms with E-state index >= 15 is 0 Å². The number of aromatic amines is 1. The SMILES string of the molecule is O=C(c1cn[nH]c1-c1c(F)cccc1F)N1CC[C@@H]2CNC[C@@H]2CC1. The van der Waals surface area contributed by atoms with E-state index in [4.69, 9.17) is 0 Å². The summed E-state index contributed by atoms with van der Waals surface area (Å²) in [5.74, 6) is -0.444. The molecule has 7 heteroatoms. The molecule has 2 fully saturated rings. The van der Waals surface area contributed by atoms with Crippen molar-refractivity contribution in [3.8, 4) is 11.3 Å². The predicted molar refractivity (Wildman–Crippen MR) is 88.9 cm³/mol. The zero-order valence-electron chi connectivity index (χ0n) is 13.8. The summed E-state index contributed by atoms with van der Waals surface area (Å²) >= 11 is 0. The van der Waals surface area contributed by atoms with Gasteiger partial charge in [0.25, 0.3) is 5.91 Å². The minimum Gasteiger partial charge on any atom is -0.339 e. The van der Waals surface area contributed by atoms with Gasteiger partial charge in [-0.15, -0.1) is 0 Å². The molecule has 5 nitrogen and oxygen atoms in total. The Hall–Kier alpha value is -2.28. The van der Waals surface area contributed by atoms with Gasteiger partial charge in [0.05, 0.1) is 23.0 Å². The van der Waals surface area contributed by atoms with Gasteiger partial charge in [0.1, 0.15) is 11.6 Å². The van der Waals surface area contributed by atoms with Gasteiger partial charge < -0.3 is 10.2 Å². The van der Waals surface area contributed by atoms with Crippen LogP contribution >= 0.6 is 0 Å². The van der Waals surface area contributed by atoms with Crippen molar-refractivity contribution < 1.29 is 13.6 Å². The van der Waals surface area contributed by atoms with Gasteiger partial charge in [0.2, 0.25) is 0 Å². The lowest BCUT2D eigenvalue weighted by atomic mass is 9.92. The van der Waals surface area contributed by atoms with Crippen molar-refractivity contribution >= 4 is 5.91 Å². The van der Waals surface area contributed by atoms with Crippen molar-refractivity contribution in [1.82, 2.24) is 20.4 Å². The number of aromatic nitrogens is 2. The highest BCUT2D eigenvalue weighted by Crippen LogP contribution is 2.30. The fourth-order valence-electron chi connectivity index (χ4n) is 3.97. The summed E-state index contributed by atoms with van der Waals surface area (Å²) in [4.78, 5) is 14.7. The molecule has 3 heterocycles. The summed E-state index contributed by atoms with van der Waals surface area (Å²) < 4.78 is 28.2. The molecule has 2 saturated heterocycles. The van der Waals surface area contributed by atoms with E-state index in [0.29, 0.717) is 24.9 Å². The molecular weight excluding hydrogens is 326 g/mol. The van der Waals surface area contributed by atoms with E-state index in [0.717, 1.165) is 25.9 Å². The summed E-state index contributed by atoms with van der Waals surface area (Å²) in [6, 6.07) is 3.65. The number of hydrogen-bond acceptors (Lipinski definition) is 3. The van der Waals surface area contributed by atoms with Crippen molar-refractivity contribution in [2.45, 2.75) is 12.8 Å². The summed E-state index contributed by atoms with van der Waals surface area (Å²) in [6.07, 6.45) is 3.26.